The van der Waals surface area contributed by atoms with Crippen LogP contribution in [0.2, 0.25) is 0 Å². The predicted octanol–water partition coefficient (Wildman–Crippen LogP) is 3.31. The number of hydrogen-bond acceptors (Lipinski definition) is 4. The second-order valence-electron chi connectivity index (χ2n) is 6.69. The highest BCUT2D eigenvalue weighted by Gasteiger charge is 2.11. The molecule has 7 heteroatoms. The van der Waals surface area contributed by atoms with Gasteiger partial charge >= 0.3 is 0 Å². The van der Waals surface area contributed by atoms with Gasteiger partial charge in [0.1, 0.15) is 12.3 Å². The second-order valence-corrected chi connectivity index (χ2v) is 7.61. The first-order valence-corrected chi connectivity index (χ1v) is 9.82. The van der Waals surface area contributed by atoms with E-state index in [4.69, 9.17) is 4.74 Å². The molecule has 6 nitrogen and oxygen atoms in total. The normalized spacial score (nSPS) is 12.0. The maximum absolute atomic E-state index is 12.6. The minimum absolute atomic E-state index is 0.00661. The molecule has 146 valence electrons. The number of nitrogens with zero attached hydrogens (tertiary/aromatic N) is 2. The molecule has 0 radical (unpaired) electrons. The number of aryl methyl sites for hydroxylation is 1. The topological polar surface area (TPSA) is 73.2 Å². The van der Waals surface area contributed by atoms with Gasteiger partial charge < -0.3 is 10.1 Å². The van der Waals surface area contributed by atoms with Crippen molar-refractivity contribution in [1.82, 2.24) is 14.9 Å². The Morgan fingerprint density at radius 2 is 2.00 bits per heavy atom. The number of methoxy groups -OCH3 is 1. The van der Waals surface area contributed by atoms with E-state index >= 15 is 0 Å². The highest BCUT2D eigenvalue weighted by molar-refractivity contribution is 9.10. The number of carbonyl (C=O) groups is 1. The monoisotopic (exact) mass is 443 g/mol. The van der Waals surface area contributed by atoms with Crippen LogP contribution in [0.3, 0.4) is 0 Å². The maximum atomic E-state index is 12.6. The van der Waals surface area contributed by atoms with E-state index in [0.717, 1.165) is 23.1 Å². The summed E-state index contributed by atoms with van der Waals surface area (Å²) in [5.41, 5.74) is 1.56. The van der Waals surface area contributed by atoms with Gasteiger partial charge in [0.15, 0.2) is 0 Å². The van der Waals surface area contributed by atoms with Crippen molar-refractivity contribution in [3.8, 4) is 5.75 Å². The van der Waals surface area contributed by atoms with Crippen LogP contribution in [-0.4, -0.2) is 28.6 Å². The Morgan fingerprint density at radius 1 is 1.25 bits per heavy atom. The summed E-state index contributed by atoms with van der Waals surface area (Å²) >= 11 is 3.36. The Labute approximate surface area is 171 Å². The molecule has 0 bridgehead atoms. The van der Waals surface area contributed by atoms with Gasteiger partial charge in [-0.15, -0.1) is 0 Å². The summed E-state index contributed by atoms with van der Waals surface area (Å²) < 4.78 is 7.29. The fourth-order valence-electron chi connectivity index (χ4n) is 2.97. The van der Waals surface area contributed by atoms with Gasteiger partial charge in [-0.25, -0.2) is 4.98 Å². The van der Waals surface area contributed by atoms with Crippen LogP contribution in [0.5, 0.6) is 5.75 Å². The zero-order valence-electron chi connectivity index (χ0n) is 15.8. The Hall–Kier alpha value is -2.67. The standard InChI is InChI=1S/C21H22BrN3O3/c1-14(3-4-15-5-8-17(28-2)9-6-15)24-20(26)12-25-13-23-19-10-7-16(22)11-18(19)21(25)27/h5-11,13-14H,3-4,12H2,1-2H3,(H,24,26). The molecule has 1 aromatic heterocycles. The number of rotatable bonds is 7. The average molecular weight is 444 g/mol. The van der Waals surface area contributed by atoms with Crippen molar-refractivity contribution < 1.29 is 9.53 Å². The minimum atomic E-state index is -0.229. The molecule has 1 heterocycles. The van der Waals surface area contributed by atoms with Crippen molar-refractivity contribution in [2.24, 2.45) is 0 Å². The van der Waals surface area contributed by atoms with Crippen LogP contribution in [0.1, 0.15) is 18.9 Å². The number of halogens is 1. The first-order valence-electron chi connectivity index (χ1n) is 9.03. The molecule has 0 fully saturated rings. The largest absolute Gasteiger partial charge is 0.497 e. The van der Waals surface area contributed by atoms with Gasteiger partial charge in [0, 0.05) is 10.5 Å². The molecule has 1 unspecified atom stereocenters. The zero-order valence-corrected chi connectivity index (χ0v) is 17.4. The van der Waals surface area contributed by atoms with Crippen LogP contribution in [0.15, 0.2) is 58.1 Å². The third-order valence-corrected chi connectivity index (χ3v) is 5.03. The van der Waals surface area contributed by atoms with E-state index < -0.39 is 0 Å². The molecule has 0 saturated carbocycles. The fourth-order valence-corrected chi connectivity index (χ4v) is 3.33. The van der Waals surface area contributed by atoms with E-state index in [9.17, 15) is 9.59 Å². The second kappa shape index (κ2) is 9.01. The molecule has 1 amide bonds. The average Bonchev–Trinajstić information content (AvgIpc) is 2.69. The van der Waals surface area contributed by atoms with Crippen LogP contribution >= 0.6 is 15.9 Å². The third kappa shape index (κ3) is 4.98. The van der Waals surface area contributed by atoms with Crippen LogP contribution < -0.4 is 15.6 Å². The number of aromatic nitrogens is 2. The van der Waals surface area contributed by atoms with E-state index in [1.54, 1.807) is 19.2 Å². The highest BCUT2D eigenvalue weighted by Crippen LogP contribution is 2.15. The van der Waals surface area contributed by atoms with Gasteiger partial charge in [-0.2, -0.15) is 0 Å². The summed E-state index contributed by atoms with van der Waals surface area (Å²) in [7, 11) is 1.64. The Morgan fingerprint density at radius 3 is 2.71 bits per heavy atom. The molecule has 3 rings (SSSR count). The number of benzene rings is 2. The van der Waals surface area contributed by atoms with Crippen molar-refractivity contribution in [2.75, 3.05) is 7.11 Å². The first-order chi connectivity index (χ1) is 13.5. The maximum Gasteiger partial charge on any atom is 0.261 e. The molecule has 1 N–H and O–H groups in total. The Kier molecular flexibility index (Phi) is 6.46. The minimum Gasteiger partial charge on any atom is -0.497 e. The van der Waals surface area contributed by atoms with Gasteiger partial charge in [0.05, 0.1) is 24.3 Å². The van der Waals surface area contributed by atoms with Gasteiger partial charge in [-0.3, -0.25) is 14.2 Å². The third-order valence-electron chi connectivity index (χ3n) is 4.53. The molecular weight excluding hydrogens is 422 g/mol. The van der Waals surface area contributed by atoms with Gasteiger partial charge in [-0.05, 0) is 55.7 Å². The number of fused-ring (bicyclic) bond motifs is 1. The Balaban J connectivity index is 1.58. The van der Waals surface area contributed by atoms with Crippen molar-refractivity contribution >= 4 is 32.7 Å². The Bertz CT molecular complexity index is 1030. The fraction of sp³-hybridized carbons (Fsp3) is 0.286. The number of ether oxygens (including phenoxy) is 1. The van der Waals surface area contributed by atoms with Gasteiger partial charge in [0.25, 0.3) is 5.56 Å². The zero-order chi connectivity index (χ0) is 20.1. The molecule has 0 spiro atoms. The number of hydrogen-bond donors (Lipinski definition) is 1. The molecule has 0 aliphatic carbocycles. The molecule has 0 aliphatic rings. The molecule has 1 atom stereocenters. The molecule has 0 aliphatic heterocycles. The van der Waals surface area contributed by atoms with E-state index in [0.29, 0.717) is 10.9 Å². The lowest BCUT2D eigenvalue weighted by atomic mass is 10.1. The van der Waals surface area contributed by atoms with E-state index in [1.807, 2.05) is 37.3 Å². The highest BCUT2D eigenvalue weighted by atomic mass is 79.9. The first kappa shape index (κ1) is 20.1. The lowest BCUT2D eigenvalue weighted by Crippen LogP contribution is -2.37. The van der Waals surface area contributed by atoms with Crippen molar-refractivity contribution in [3.05, 3.63) is 69.2 Å². The van der Waals surface area contributed by atoms with Crippen LogP contribution in [0, 0.1) is 0 Å². The molecular formula is C21H22BrN3O3. The van der Waals surface area contributed by atoms with E-state index in [1.165, 1.54) is 16.5 Å². The van der Waals surface area contributed by atoms with Crippen LogP contribution in [-0.2, 0) is 17.8 Å². The lowest BCUT2D eigenvalue weighted by Gasteiger charge is -2.15. The molecule has 3 aromatic rings. The number of amides is 1. The molecule has 2 aromatic carbocycles. The van der Waals surface area contributed by atoms with Gasteiger partial charge in [0.2, 0.25) is 5.91 Å². The van der Waals surface area contributed by atoms with Crippen molar-refractivity contribution in [3.63, 3.8) is 0 Å². The summed E-state index contributed by atoms with van der Waals surface area (Å²) in [6.07, 6.45) is 3.06. The van der Waals surface area contributed by atoms with E-state index in [2.05, 4.69) is 26.2 Å². The van der Waals surface area contributed by atoms with Crippen LogP contribution in [0.4, 0.5) is 0 Å². The van der Waals surface area contributed by atoms with Gasteiger partial charge in [-0.1, -0.05) is 28.1 Å². The smallest absolute Gasteiger partial charge is 0.261 e. The quantitative estimate of drug-likeness (QED) is 0.607. The lowest BCUT2D eigenvalue weighted by molar-refractivity contribution is -0.122. The predicted molar refractivity (Wildman–Crippen MR) is 113 cm³/mol. The molecule has 0 saturated heterocycles. The summed E-state index contributed by atoms with van der Waals surface area (Å²) in [5, 5.41) is 3.43. The summed E-state index contributed by atoms with van der Waals surface area (Å²) in [4.78, 5) is 29.2. The van der Waals surface area contributed by atoms with Crippen LogP contribution in [0.25, 0.3) is 10.9 Å². The summed E-state index contributed by atoms with van der Waals surface area (Å²) in [5.74, 6) is 0.618. The molecule has 28 heavy (non-hydrogen) atoms. The summed E-state index contributed by atoms with van der Waals surface area (Å²) in [6, 6.07) is 13.2. The van der Waals surface area contributed by atoms with E-state index in [-0.39, 0.29) is 24.1 Å². The number of carbonyl (C=O) groups excluding carboxylic acids is 1. The SMILES string of the molecule is COc1ccc(CCC(C)NC(=O)Cn2cnc3ccc(Br)cc3c2=O)cc1. The van der Waals surface area contributed by atoms with Crippen molar-refractivity contribution in [2.45, 2.75) is 32.4 Å². The summed E-state index contributed by atoms with van der Waals surface area (Å²) in [6.45, 7) is 1.90. The number of nitrogens with one attached hydrogen (secondary N) is 1. The van der Waals surface area contributed by atoms with Crippen molar-refractivity contribution in [1.29, 1.82) is 0 Å².